The zero-order chi connectivity index (χ0) is 18.8. The van der Waals surface area contributed by atoms with E-state index in [2.05, 4.69) is 5.32 Å². The van der Waals surface area contributed by atoms with Crippen LogP contribution in [-0.2, 0) is 14.3 Å². The lowest BCUT2D eigenvalue weighted by atomic mass is 9.69. The summed E-state index contributed by atoms with van der Waals surface area (Å²) in [6, 6.07) is 5.90. The van der Waals surface area contributed by atoms with Gasteiger partial charge in [-0.2, -0.15) is 0 Å². The van der Waals surface area contributed by atoms with Crippen LogP contribution >= 0.6 is 0 Å². The standard InChI is InChI=1S/C19H20N2O5/c1-3-26-19(23)16-11(2)20-14-5-4-6-15(22)18(14)17(16)12-7-9-13(10-8-12)21(24)25/h4,6-10,14,17-18,20H,3,5H2,1-2H3/t14-,17-,18+/m1/s1. The third-order valence-corrected chi connectivity index (χ3v) is 4.87. The van der Waals surface area contributed by atoms with Crippen molar-refractivity contribution in [3.8, 4) is 0 Å². The van der Waals surface area contributed by atoms with Crippen LogP contribution in [0.5, 0.6) is 0 Å². The zero-order valence-corrected chi connectivity index (χ0v) is 14.6. The minimum atomic E-state index is -0.501. The number of ether oxygens (including phenoxy) is 1. The van der Waals surface area contributed by atoms with Gasteiger partial charge in [-0.3, -0.25) is 14.9 Å². The van der Waals surface area contributed by atoms with E-state index in [9.17, 15) is 19.7 Å². The second kappa shape index (κ2) is 7.11. The highest BCUT2D eigenvalue weighted by molar-refractivity contribution is 5.98. The van der Waals surface area contributed by atoms with Crippen LogP contribution in [-0.4, -0.2) is 29.3 Å². The van der Waals surface area contributed by atoms with Gasteiger partial charge in [-0.05, 0) is 31.9 Å². The van der Waals surface area contributed by atoms with Crippen LogP contribution in [0.25, 0.3) is 0 Å². The SMILES string of the molecule is CCOC(=O)C1=C(C)N[C@@H]2CC=CC(=O)[C@H]2[C@@H]1c1ccc([N+](=O)[O-])cc1. The van der Waals surface area contributed by atoms with Gasteiger partial charge < -0.3 is 10.1 Å². The van der Waals surface area contributed by atoms with Crippen molar-refractivity contribution >= 4 is 17.4 Å². The number of nitro benzene ring substituents is 1. The van der Waals surface area contributed by atoms with Crippen molar-refractivity contribution in [1.29, 1.82) is 0 Å². The molecule has 26 heavy (non-hydrogen) atoms. The van der Waals surface area contributed by atoms with E-state index in [1.54, 1.807) is 32.1 Å². The molecule has 1 aliphatic heterocycles. The molecule has 2 aliphatic rings. The number of allylic oxidation sites excluding steroid dienone is 2. The molecule has 0 saturated carbocycles. The summed E-state index contributed by atoms with van der Waals surface area (Å²) in [6.07, 6.45) is 4.05. The highest BCUT2D eigenvalue weighted by Gasteiger charge is 2.45. The maximum atomic E-state index is 12.6. The van der Waals surface area contributed by atoms with E-state index < -0.39 is 22.7 Å². The van der Waals surface area contributed by atoms with Gasteiger partial charge in [-0.15, -0.1) is 0 Å². The zero-order valence-electron chi connectivity index (χ0n) is 14.6. The molecule has 3 atom stereocenters. The molecule has 0 spiro atoms. The molecule has 0 unspecified atom stereocenters. The third kappa shape index (κ3) is 3.12. The molecule has 0 saturated heterocycles. The molecule has 0 amide bonds. The van der Waals surface area contributed by atoms with Gasteiger partial charge in [-0.25, -0.2) is 4.79 Å². The Labute approximate surface area is 150 Å². The van der Waals surface area contributed by atoms with E-state index >= 15 is 0 Å². The highest BCUT2D eigenvalue weighted by atomic mass is 16.6. The van der Waals surface area contributed by atoms with E-state index in [1.165, 1.54) is 12.1 Å². The number of nitrogens with zero attached hydrogens (tertiary/aromatic N) is 1. The van der Waals surface area contributed by atoms with E-state index in [-0.39, 0.29) is 24.1 Å². The average molecular weight is 356 g/mol. The predicted octanol–water partition coefficient (Wildman–Crippen LogP) is 2.63. The number of nitro groups is 1. The Bertz CT molecular complexity index is 810. The van der Waals surface area contributed by atoms with E-state index in [4.69, 9.17) is 4.74 Å². The normalized spacial score (nSPS) is 24.7. The quantitative estimate of drug-likeness (QED) is 0.506. The van der Waals surface area contributed by atoms with Gasteiger partial charge in [0.15, 0.2) is 5.78 Å². The predicted molar refractivity (Wildman–Crippen MR) is 94.3 cm³/mol. The lowest BCUT2D eigenvalue weighted by Gasteiger charge is -2.41. The van der Waals surface area contributed by atoms with E-state index in [0.717, 1.165) is 0 Å². The molecule has 1 aliphatic carbocycles. The summed E-state index contributed by atoms with van der Waals surface area (Å²) in [5, 5.41) is 14.2. The molecule has 7 nitrogen and oxygen atoms in total. The Morgan fingerprint density at radius 3 is 2.65 bits per heavy atom. The van der Waals surface area contributed by atoms with Crippen LogP contribution in [0.4, 0.5) is 5.69 Å². The van der Waals surface area contributed by atoms with Crippen LogP contribution in [0.15, 0.2) is 47.7 Å². The molecule has 1 N–H and O–H groups in total. The van der Waals surface area contributed by atoms with Gasteiger partial charge in [-0.1, -0.05) is 18.2 Å². The number of rotatable bonds is 4. The summed E-state index contributed by atoms with van der Waals surface area (Å²) < 4.78 is 5.21. The average Bonchev–Trinajstić information content (AvgIpc) is 2.61. The molecule has 1 aromatic carbocycles. The van der Waals surface area contributed by atoms with Crippen molar-refractivity contribution in [1.82, 2.24) is 5.32 Å². The van der Waals surface area contributed by atoms with Gasteiger partial charge in [0.05, 0.1) is 23.0 Å². The molecule has 136 valence electrons. The number of hydrogen-bond acceptors (Lipinski definition) is 6. The fraction of sp³-hybridized carbons (Fsp3) is 0.368. The highest BCUT2D eigenvalue weighted by Crippen LogP contribution is 2.42. The lowest BCUT2D eigenvalue weighted by Crippen LogP contribution is -2.49. The summed E-state index contributed by atoms with van der Waals surface area (Å²) in [4.78, 5) is 35.7. The Morgan fingerprint density at radius 2 is 2.04 bits per heavy atom. The number of nitrogens with one attached hydrogen (secondary N) is 1. The van der Waals surface area contributed by atoms with Crippen LogP contribution in [0.2, 0.25) is 0 Å². The van der Waals surface area contributed by atoms with Crippen molar-refractivity contribution < 1.29 is 19.2 Å². The molecular formula is C19H20N2O5. The Kier molecular flexibility index (Phi) is 4.88. The molecule has 0 radical (unpaired) electrons. The summed E-state index contributed by atoms with van der Waals surface area (Å²) in [6.45, 7) is 3.75. The Morgan fingerprint density at radius 1 is 1.35 bits per heavy atom. The summed E-state index contributed by atoms with van der Waals surface area (Å²) in [5.41, 5.74) is 1.74. The van der Waals surface area contributed by atoms with Gasteiger partial charge in [0.1, 0.15) is 0 Å². The first kappa shape index (κ1) is 17.8. The summed E-state index contributed by atoms with van der Waals surface area (Å²) in [5.74, 6) is -1.49. The molecule has 0 aromatic heterocycles. The molecule has 1 heterocycles. The number of benzene rings is 1. The lowest BCUT2D eigenvalue weighted by molar-refractivity contribution is -0.384. The first-order valence-electron chi connectivity index (χ1n) is 8.53. The Hall–Kier alpha value is -2.96. The maximum absolute atomic E-state index is 12.6. The smallest absolute Gasteiger partial charge is 0.336 e. The van der Waals surface area contributed by atoms with Crippen molar-refractivity contribution in [3.63, 3.8) is 0 Å². The van der Waals surface area contributed by atoms with Gasteiger partial charge in [0, 0.05) is 29.8 Å². The largest absolute Gasteiger partial charge is 0.463 e. The maximum Gasteiger partial charge on any atom is 0.336 e. The molecule has 0 fully saturated rings. The second-order valence-electron chi connectivity index (χ2n) is 6.40. The topological polar surface area (TPSA) is 98.5 Å². The van der Waals surface area contributed by atoms with E-state index in [1.807, 2.05) is 6.08 Å². The fourth-order valence-electron chi connectivity index (χ4n) is 3.77. The van der Waals surface area contributed by atoms with Gasteiger partial charge >= 0.3 is 5.97 Å². The first-order chi connectivity index (χ1) is 12.4. The molecule has 1 aromatic rings. The van der Waals surface area contributed by atoms with Crippen LogP contribution in [0.1, 0.15) is 31.7 Å². The van der Waals surface area contributed by atoms with Crippen LogP contribution < -0.4 is 5.32 Å². The number of carbonyl (C=O) groups excluding carboxylic acids is 2. The number of non-ortho nitro benzene ring substituents is 1. The summed E-state index contributed by atoms with van der Waals surface area (Å²) >= 11 is 0. The fourth-order valence-corrected chi connectivity index (χ4v) is 3.77. The second-order valence-corrected chi connectivity index (χ2v) is 6.40. The molecule has 7 heteroatoms. The van der Waals surface area contributed by atoms with Crippen molar-refractivity contribution in [2.24, 2.45) is 5.92 Å². The van der Waals surface area contributed by atoms with Gasteiger partial charge in [0.25, 0.3) is 5.69 Å². The molecular weight excluding hydrogens is 336 g/mol. The Balaban J connectivity index is 2.11. The number of esters is 1. The minimum absolute atomic E-state index is 0.0347. The van der Waals surface area contributed by atoms with Crippen LogP contribution in [0, 0.1) is 16.0 Å². The minimum Gasteiger partial charge on any atom is -0.463 e. The van der Waals surface area contributed by atoms with Gasteiger partial charge in [0.2, 0.25) is 0 Å². The number of fused-ring (bicyclic) bond motifs is 1. The monoisotopic (exact) mass is 356 g/mol. The number of ketones is 1. The number of carbonyl (C=O) groups is 2. The first-order valence-corrected chi connectivity index (χ1v) is 8.53. The van der Waals surface area contributed by atoms with Crippen LogP contribution in [0.3, 0.4) is 0 Å². The molecule has 3 rings (SSSR count). The van der Waals surface area contributed by atoms with Crippen molar-refractivity contribution in [2.75, 3.05) is 6.61 Å². The van der Waals surface area contributed by atoms with Crippen molar-refractivity contribution in [3.05, 3.63) is 63.4 Å². The third-order valence-electron chi connectivity index (χ3n) is 4.87. The number of hydrogen-bond donors (Lipinski definition) is 1. The molecule has 0 bridgehead atoms. The summed E-state index contributed by atoms with van der Waals surface area (Å²) in [7, 11) is 0. The van der Waals surface area contributed by atoms with Crippen molar-refractivity contribution in [2.45, 2.75) is 32.2 Å². The van der Waals surface area contributed by atoms with E-state index in [0.29, 0.717) is 23.3 Å².